The van der Waals surface area contributed by atoms with Gasteiger partial charge in [0.2, 0.25) is 10.0 Å². The molecule has 32 heavy (non-hydrogen) atoms. The SMILES string of the molecule is COc1ccc(OC)c(C(C)NC(=O)c2cc(S(=O)(=O)N3CCN(C)CC3)ccc2Cl)c1. The second-order valence-electron chi connectivity index (χ2n) is 7.65. The molecule has 10 heteroatoms. The van der Waals surface area contributed by atoms with Crippen LogP contribution in [-0.4, -0.2) is 71.0 Å². The van der Waals surface area contributed by atoms with Gasteiger partial charge in [-0.15, -0.1) is 0 Å². The molecule has 0 saturated carbocycles. The van der Waals surface area contributed by atoms with Crippen molar-refractivity contribution < 1.29 is 22.7 Å². The summed E-state index contributed by atoms with van der Waals surface area (Å²) in [5, 5.41) is 3.04. The minimum absolute atomic E-state index is 0.0446. The average molecular weight is 482 g/mol. The van der Waals surface area contributed by atoms with Gasteiger partial charge in [-0.05, 0) is 50.4 Å². The number of amides is 1. The summed E-state index contributed by atoms with van der Waals surface area (Å²) in [5.41, 5.74) is 0.813. The van der Waals surface area contributed by atoms with Crippen LogP contribution in [0.5, 0.6) is 11.5 Å². The molecule has 8 nitrogen and oxygen atoms in total. The van der Waals surface area contributed by atoms with Gasteiger partial charge in [0.25, 0.3) is 5.91 Å². The van der Waals surface area contributed by atoms with Crippen LogP contribution in [0.15, 0.2) is 41.3 Å². The van der Waals surface area contributed by atoms with E-state index in [0.717, 1.165) is 5.56 Å². The zero-order valence-electron chi connectivity index (χ0n) is 18.6. The monoisotopic (exact) mass is 481 g/mol. The first-order valence-corrected chi connectivity index (χ1v) is 12.0. The minimum Gasteiger partial charge on any atom is -0.497 e. The van der Waals surface area contributed by atoms with Crippen molar-refractivity contribution in [2.45, 2.75) is 17.9 Å². The number of rotatable bonds is 7. The summed E-state index contributed by atoms with van der Waals surface area (Å²) in [6.45, 7) is 3.90. The number of hydrogen-bond acceptors (Lipinski definition) is 6. The molecular weight excluding hydrogens is 454 g/mol. The molecule has 0 bridgehead atoms. The van der Waals surface area contributed by atoms with E-state index in [1.54, 1.807) is 39.3 Å². The van der Waals surface area contributed by atoms with Crippen LogP contribution in [0.3, 0.4) is 0 Å². The van der Waals surface area contributed by atoms with Crippen molar-refractivity contribution >= 4 is 27.5 Å². The molecule has 3 rings (SSSR count). The van der Waals surface area contributed by atoms with Crippen LogP contribution in [0.4, 0.5) is 0 Å². The molecule has 1 fully saturated rings. The third-order valence-electron chi connectivity index (χ3n) is 5.53. The zero-order valence-corrected chi connectivity index (χ0v) is 20.2. The van der Waals surface area contributed by atoms with E-state index in [4.69, 9.17) is 21.1 Å². The Balaban J connectivity index is 1.85. The molecule has 1 aliphatic heterocycles. The fraction of sp³-hybridized carbons (Fsp3) is 0.409. The van der Waals surface area contributed by atoms with E-state index in [0.29, 0.717) is 37.7 Å². The van der Waals surface area contributed by atoms with Crippen LogP contribution in [0.1, 0.15) is 28.9 Å². The molecule has 1 amide bonds. The lowest BCUT2D eigenvalue weighted by molar-refractivity contribution is 0.0939. The Hall–Kier alpha value is -2.33. The average Bonchev–Trinajstić information content (AvgIpc) is 2.78. The van der Waals surface area contributed by atoms with E-state index in [1.165, 1.54) is 22.5 Å². The molecule has 2 aromatic rings. The first-order chi connectivity index (χ1) is 15.2. The molecule has 2 aromatic carbocycles. The summed E-state index contributed by atoms with van der Waals surface area (Å²) < 4.78 is 38.3. The second kappa shape index (κ2) is 10.1. The number of nitrogens with one attached hydrogen (secondary N) is 1. The number of hydrogen-bond donors (Lipinski definition) is 1. The summed E-state index contributed by atoms with van der Waals surface area (Å²) in [5.74, 6) is 0.735. The smallest absolute Gasteiger partial charge is 0.253 e. The Kier molecular flexibility index (Phi) is 7.66. The molecular formula is C22H28ClN3O5S. The molecule has 0 spiro atoms. The summed E-state index contributed by atoms with van der Waals surface area (Å²) in [4.78, 5) is 15.1. The van der Waals surface area contributed by atoms with Crippen molar-refractivity contribution in [3.05, 3.63) is 52.5 Å². The van der Waals surface area contributed by atoms with Gasteiger partial charge in [-0.2, -0.15) is 4.31 Å². The Bertz CT molecular complexity index is 1080. The van der Waals surface area contributed by atoms with Crippen molar-refractivity contribution in [1.29, 1.82) is 0 Å². The first kappa shape index (κ1) is 24.3. The predicted octanol–water partition coefficient (Wildman–Crippen LogP) is 2.78. The van der Waals surface area contributed by atoms with Crippen molar-refractivity contribution in [2.24, 2.45) is 0 Å². The molecule has 1 heterocycles. The van der Waals surface area contributed by atoms with Crippen molar-refractivity contribution in [3.8, 4) is 11.5 Å². The van der Waals surface area contributed by atoms with Crippen molar-refractivity contribution in [3.63, 3.8) is 0 Å². The fourth-order valence-corrected chi connectivity index (χ4v) is 5.20. The van der Waals surface area contributed by atoms with Gasteiger partial charge in [-0.25, -0.2) is 8.42 Å². The van der Waals surface area contributed by atoms with Crippen LogP contribution >= 0.6 is 11.6 Å². The lowest BCUT2D eigenvalue weighted by atomic mass is 10.1. The standard InChI is InChI=1S/C22H28ClN3O5S/c1-15(18-13-16(30-3)5-8-21(18)31-4)24-22(27)19-14-17(6-7-20(19)23)32(28,29)26-11-9-25(2)10-12-26/h5-8,13-15H,9-12H2,1-4H3,(H,24,27). The Morgan fingerprint density at radius 3 is 2.38 bits per heavy atom. The van der Waals surface area contributed by atoms with Crippen LogP contribution in [0.25, 0.3) is 0 Å². The van der Waals surface area contributed by atoms with Gasteiger partial charge in [-0.1, -0.05) is 11.6 Å². The molecule has 0 aliphatic carbocycles. The normalized spacial score (nSPS) is 16.4. The van der Waals surface area contributed by atoms with Crippen molar-refractivity contribution in [2.75, 3.05) is 47.4 Å². The minimum atomic E-state index is -3.73. The highest BCUT2D eigenvalue weighted by molar-refractivity contribution is 7.89. The Morgan fingerprint density at radius 2 is 1.75 bits per heavy atom. The highest BCUT2D eigenvalue weighted by Gasteiger charge is 2.29. The largest absolute Gasteiger partial charge is 0.497 e. The lowest BCUT2D eigenvalue weighted by Crippen LogP contribution is -2.47. The van der Waals surface area contributed by atoms with E-state index in [1.807, 2.05) is 7.05 Å². The van der Waals surface area contributed by atoms with Gasteiger partial charge in [0.15, 0.2) is 0 Å². The molecule has 174 valence electrons. The van der Waals surface area contributed by atoms with Crippen LogP contribution in [-0.2, 0) is 10.0 Å². The number of ether oxygens (including phenoxy) is 2. The summed E-state index contributed by atoms with van der Waals surface area (Å²) in [6, 6.07) is 9.06. The van der Waals surface area contributed by atoms with E-state index < -0.39 is 22.0 Å². The number of carbonyl (C=O) groups excluding carboxylic acids is 1. The highest BCUT2D eigenvalue weighted by atomic mass is 35.5. The number of piperazine rings is 1. The third-order valence-corrected chi connectivity index (χ3v) is 7.76. The number of nitrogens with zero attached hydrogens (tertiary/aromatic N) is 2. The number of benzene rings is 2. The molecule has 0 radical (unpaired) electrons. The number of halogens is 1. The number of sulfonamides is 1. The molecule has 1 N–H and O–H groups in total. The maximum absolute atomic E-state index is 13.1. The van der Waals surface area contributed by atoms with Gasteiger partial charge >= 0.3 is 0 Å². The van der Waals surface area contributed by atoms with Crippen LogP contribution in [0.2, 0.25) is 5.02 Å². The zero-order chi connectivity index (χ0) is 23.5. The van der Waals surface area contributed by atoms with E-state index in [2.05, 4.69) is 10.2 Å². The van der Waals surface area contributed by atoms with Gasteiger partial charge in [-0.3, -0.25) is 4.79 Å². The van der Waals surface area contributed by atoms with Gasteiger partial charge in [0, 0.05) is 31.7 Å². The molecule has 0 aromatic heterocycles. The van der Waals surface area contributed by atoms with Gasteiger partial charge in [0.1, 0.15) is 11.5 Å². The Morgan fingerprint density at radius 1 is 1.06 bits per heavy atom. The Labute approximate surface area is 194 Å². The van der Waals surface area contributed by atoms with Gasteiger partial charge in [0.05, 0.1) is 35.7 Å². The van der Waals surface area contributed by atoms with E-state index >= 15 is 0 Å². The number of carbonyl (C=O) groups is 1. The maximum Gasteiger partial charge on any atom is 0.253 e. The van der Waals surface area contributed by atoms with Gasteiger partial charge < -0.3 is 19.7 Å². The van der Waals surface area contributed by atoms with Crippen molar-refractivity contribution in [1.82, 2.24) is 14.5 Å². The van der Waals surface area contributed by atoms with Crippen LogP contribution < -0.4 is 14.8 Å². The van der Waals surface area contributed by atoms with E-state index in [9.17, 15) is 13.2 Å². The lowest BCUT2D eigenvalue weighted by Gasteiger charge is -2.31. The predicted molar refractivity (Wildman–Crippen MR) is 123 cm³/mol. The van der Waals surface area contributed by atoms with E-state index in [-0.39, 0.29) is 15.5 Å². The number of methoxy groups -OCH3 is 2. The molecule has 1 saturated heterocycles. The highest BCUT2D eigenvalue weighted by Crippen LogP contribution is 2.30. The summed E-state index contributed by atoms with van der Waals surface area (Å²) in [7, 11) is 1.33. The maximum atomic E-state index is 13.1. The third kappa shape index (κ3) is 5.17. The first-order valence-electron chi connectivity index (χ1n) is 10.2. The second-order valence-corrected chi connectivity index (χ2v) is 10.00. The topological polar surface area (TPSA) is 88.2 Å². The molecule has 1 aliphatic rings. The quantitative estimate of drug-likeness (QED) is 0.654. The van der Waals surface area contributed by atoms with Crippen LogP contribution in [0, 0.1) is 0 Å². The summed E-state index contributed by atoms with van der Waals surface area (Å²) in [6.07, 6.45) is 0. The summed E-state index contributed by atoms with van der Waals surface area (Å²) >= 11 is 6.26. The molecule has 1 atom stereocenters. The number of likely N-dealkylation sites (N-methyl/N-ethyl adjacent to an activating group) is 1. The fourth-order valence-electron chi connectivity index (χ4n) is 3.55. The molecule has 1 unspecified atom stereocenters.